The minimum absolute atomic E-state index is 0.00774. The van der Waals surface area contributed by atoms with Crippen LogP contribution >= 0.6 is 0 Å². The number of halogens is 6. The second-order valence-corrected chi connectivity index (χ2v) is 7.95. The molecular formula is C23H25F6N3O. The van der Waals surface area contributed by atoms with Gasteiger partial charge in [0.05, 0.1) is 17.5 Å². The molecule has 0 aliphatic carbocycles. The molecule has 1 fully saturated rings. The summed E-state index contributed by atoms with van der Waals surface area (Å²) in [5.41, 5.74) is -0.347. The number of carbonyl (C=O) groups is 1. The van der Waals surface area contributed by atoms with Crippen molar-refractivity contribution < 1.29 is 31.1 Å². The predicted molar refractivity (Wildman–Crippen MR) is 113 cm³/mol. The van der Waals surface area contributed by atoms with E-state index in [1.807, 2.05) is 4.90 Å². The molecule has 1 aliphatic rings. The molecule has 1 aliphatic heterocycles. The molecule has 10 heteroatoms. The van der Waals surface area contributed by atoms with Crippen molar-refractivity contribution in [3.05, 3.63) is 65.2 Å². The first-order valence-electron chi connectivity index (χ1n) is 10.6. The van der Waals surface area contributed by atoms with E-state index in [1.54, 1.807) is 6.07 Å². The standard InChI is InChI=1S/C23H25F6N3O/c24-22(25,26)18-7-5-17(6-8-18)15-21(33)30-9-2-10-31-11-13-32(14-12-31)20-4-1-3-19(16-20)23(27,28)29/h1,3-8,16H,2,9-15H2,(H,30,33). The van der Waals surface area contributed by atoms with Crippen molar-refractivity contribution in [2.75, 3.05) is 44.2 Å². The normalized spacial score (nSPS) is 15.5. The summed E-state index contributed by atoms with van der Waals surface area (Å²) in [6, 6.07) is 9.84. The molecule has 1 heterocycles. The maximum atomic E-state index is 12.9. The van der Waals surface area contributed by atoms with Crippen LogP contribution in [-0.4, -0.2) is 50.1 Å². The van der Waals surface area contributed by atoms with E-state index in [1.165, 1.54) is 24.3 Å². The maximum absolute atomic E-state index is 12.9. The molecule has 0 unspecified atom stereocenters. The molecule has 180 valence electrons. The summed E-state index contributed by atoms with van der Waals surface area (Å²) in [6.07, 6.45) is -8.07. The van der Waals surface area contributed by atoms with Gasteiger partial charge < -0.3 is 10.2 Å². The van der Waals surface area contributed by atoms with Crippen molar-refractivity contribution >= 4 is 11.6 Å². The highest BCUT2D eigenvalue weighted by atomic mass is 19.4. The summed E-state index contributed by atoms with van der Waals surface area (Å²) < 4.78 is 76.5. The van der Waals surface area contributed by atoms with E-state index in [4.69, 9.17) is 0 Å². The van der Waals surface area contributed by atoms with Crippen LogP contribution in [0.25, 0.3) is 0 Å². The zero-order valence-electron chi connectivity index (χ0n) is 17.8. The van der Waals surface area contributed by atoms with E-state index in [0.717, 1.165) is 24.7 Å². The van der Waals surface area contributed by atoms with Gasteiger partial charge in [0.15, 0.2) is 0 Å². The molecule has 1 N–H and O–H groups in total. The first-order chi connectivity index (χ1) is 15.5. The first kappa shape index (κ1) is 24.9. The molecular weight excluding hydrogens is 448 g/mol. The highest BCUT2D eigenvalue weighted by Gasteiger charge is 2.31. The second kappa shape index (κ2) is 10.5. The number of hydrogen-bond acceptors (Lipinski definition) is 3. The number of nitrogens with zero attached hydrogens (tertiary/aromatic N) is 2. The fourth-order valence-corrected chi connectivity index (χ4v) is 3.70. The van der Waals surface area contributed by atoms with Gasteiger partial charge in [-0.1, -0.05) is 18.2 Å². The van der Waals surface area contributed by atoms with E-state index in [0.29, 0.717) is 50.4 Å². The highest BCUT2D eigenvalue weighted by molar-refractivity contribution is 5.78. The number of hydrogen-bond donors (Lipinski definition) is 1. The lowest BCUT2D eigenvalue weighted by molar-refractivity contribution is -0.138. The lowest BCUT2D eigenvalue weighted by Gasteiger charge is -2.36. The Morgan fingerprint density at radius 1 is 0.848 bits per heavy atom. The van der Waals surface area contributed by atoms with Crippen molar-refractivity contribution in [1.82, 2.24) is 10.2 Å². The lowest BCUT2D eigenvalue weighted by atomic mass is 10.1. The lowest BCUT2D eigenvalue weighted by Crippen LogP contribution is -2.47. The van der Waals surface area contributed by atoms with E-state index in [-0.39, 0.29) is 12.3 Å². The summed E-state index contributed by atoms with van der Waals surface area (Å²) in [5, 5.41) is 2.77. The van der Waals surface area contributed by atoms with Crippen LogP contribution in [0.4, 0.5) is 32.0 Å². The van der Waals surface area contributed by atoms with E-state index >= 15 is 0 Å². The van der Waals surface area contributed by atoms with Crippen LogP contribution in [0, 0.1) is 0 Å². The number of carbonyl (C=O) groups excluding carboxylic acids is 1. The zero-order chi connectivity index (χ0) is 24.1. The van der Waals surface area contributed by atoms with Gasteiger partial charge >= 0.3 is 12.4 Å². The summed E-state index contributed by atoms with van der Waals surface area (Å²) in [5.74, 6) is -0.260. The zero-order valence-corrected chi connectivity index (χ0v) is 17.8. The van der Waals surface area contributed by atoms with Crippen molar-refractivity contribution in [1.29, 1.82) is 0 Å². The van der Waals surface area contributed by atoms with Gasteiger partial charge in [0, 0.05) is 38.4 Å². The number of nitrogens with one attached hydrogen (secondary N) is 1. The summed E-state index contributed by atoms with van der Waals surface area (Å²) in [7, 11) is 0. The fraction of sp³-hybridized carbons (Fsp3) is 0.435. The van der Waals surface area contributed by atoms with Gasteiger partial charge in [-0.05, 0) is 48.9 Å². The first-order valence-corrected chi connectivity index (χ1v) is 10.6. The Morgan fingerprint density at radius 2 is 1.48 bits per heavy atom. The predicted octanol–water partition coefficient (Wildman–Crippen LogP) is 4.60. The molecule has 0 atom stereocenters. The monoisotopic (exact) mass is 473 g/mol. The van der Waals surface area contributed by atoms with Gasteiger partial charge in [0.25, 0.3) is 0 Å². The van der Waals surface area contributed by atoms with Gasteiger partial charge in [-0.2, -0.15) is 26.3 Å². The molecule has 33 heavy (non-hydrogen) atoms. The van der Waals surface area contributed by atoms with Crippen LogP contribution in [0.3, 0.4) is 0 Å². The van der Waals surface area contributed by atoms with Crippen LogP contribution in [0.2, 0.25) is 0 Å². The van der Waals surface area contributed by atoms with Gasteiger partial charge in [0.2, 0.25) is 5.91 Å². The number of amides is 1. The van der Waals surface area contributed by atoms with Gasteiger partial charge in [-0.15, -0.1) is 0 Å². The highest BCUT2D eigenvalue weighted by Crippen LogP contribution is 2.32. The Labute approximate surface area is 188 Å². The van der Waals surface area contributed by atoms with Crippen LogP contribution in [0.5, 0.6) is 0 Å². The van der Waals surface area contributed by atoms with Gasteiger partial charge in [-0.25, -0.2) is 0 Å². The molecule has 3 rings (SSSR count). The smallest absolute Gasteiger partial charge is 0.369 e. The second-order valence-electron chi connectivity index (χ2n) is 7.95. The maximum Gasteiger partial charge on any atom is 0.416 e. The van der Waals surface area contributed by atoms with Crippen LogP contribution < -0.4 is 10.2 Å². The molecule has 2 aromatic rings. The number of anilines is 1. The molecule has 2 aromatic carbocycles. The molecule has 0 radical (unpaired) electrons. The molecule has 0 bridgehead atoms. The Bertz CT molecular complexity index is 919. The Balaban J connectivity index is 1.35. The van der Waals surface area contributed by atoms with E-state index < -0.39 is 23.5 Å². The third-order valence-electron chi connectivity index (χ3n) is 5.53. The fourth-order valence-electron chi connectivity index (χ4n) is 3.70. The van der Waals surface area contributed by atoms with Crippen LogP contribution in [0.15, 0.2) is 48.5 Å². The average molecular weight is 473 g/mol. The molecule has 1 saturated heterocycles. The van der Waals surface area contributed by atoms with Crippen molar-refractivity contribution in [3.8, 4) is 0 Å². The Hall–Kier alpha value is -2.75. The van der Waals surface area contributed by atoms with Crippen LogP contribution in [0.1, 0.15) is 23.1 Å². The van der Waals surface area contributed by atoms with E-state index in [9.17, 15) is 31.1 Å². The third-order valence-corrected chi connectivity index (χ3v) is 5.53. The van der Waals surface area contributed by atoms with Gasteiger partial charge in [0.1, 0.15) is 0 Å². The third kappa shape index (κ3) is 7.38. The SMILES string of the molecule is O=C(Cc1ccc(C(F)(F)F)cc1)NCCCN1CCN(c2cccc(C(F)(F)F)c2)CC1. The van der Waals surface area contributed by atoms with Gasteiger partial charge in [-0.3, -0.25) is 9.69 Å². The quantitative estimate of drug-likeness (QED) is 0.472. The topological polar surface area (TPSA) is 35.6 Å². The number of benzene rings is 2. The Morgan fingerprint density at radius 3 is 2.09 bits per heavy atom. The Kier molecular flexibility index (Phi) is 7.88. The molecule has 4 nitrogen and oxygen atoms in total. The number of rotatable bonds is 7. The minimum Gasteiger partial charge on any atom is -0.369 e. The molecule has 0 spiro atoms. The minimum atomic E-state index is -4.40. The summed E-state index contributed by atoms with van der Waals surface area (Å²) >= 11 is 0. The van der Waals surface area contributed by atoms with Crippen molar-refractivity contribution in [3.63, 3.8) is 0 Å². The van der Waals surface area contributed by atoms with Crippen LogP contribution in [-0.2, 0) is 23.6 Å². The molecule has 1 amide bonds. The van der Waals surface area contributed by atoms with Crippen molar-refractivity contribution in [2.45, 2.75) is 25.2 Å². The number of alkyl halides is 6. The summed E-state index contributed by atoms with van der Waals surface area (Å²) in [6.45, 7) is 3.80. The average Bonchev–Trinajstić information content (AvgIpc) is 2.76. The summed E-state index contributed by atoms with van der Waals surface area (Å²) in [4.78, 5) is 16.1. The number of piperazine rings is 1. The molecule has 0 saturated carbocycles. The van der Waals surface area contributed by atoms with E-state index in [2.05, 4.69) is 10.2 Å². The van der Waals surface area contributed by atoms with Crippen molar-refractivity contribution in [2.24, 2.45) is 0 Å². The largest absolute Gasteiger partial charge is 0.416 e. The molecule has 0 aromatic heterocycles.